The van der Waals surface area contributed by atoms with E-state index < -0.39 is 10.0 Å². The first kappa shape index (κ1) is 23.7. The SMILES string of the molecule is CCn1nc(C2CCN(CCC(NS(=O)(=O)c3ccccc3)c3ccccc3)CC2)cc1C. The maximum atomic E-state index is 13.0. The van der Waals surface area contributed by atoms with Crippen LogP contribution in [0.25, 0.3) is 0 Å². The second-order valence-corrected chi connectivity index (χ2v) is 10.5. The van der Waals surface area contributed by atoms with Gasteiger partial charge < -0.3 is 4.90 Å². The molecule has 1 aliphatic rings. The Balaban J connectivity index is 1.38. The molecular formula is C26H34N4O2S. The Labute approximate surface area is 197 Å². The fourth-order valence-electron chi connectivity index (χ4n) is 4.65. The lowest BCUT2D eigenvalue weighted by Crippen LogP contribution is -2.36. The van der Waals surface area contributed by atoms with Gasteiger partial charge >= 0.3 is 0 Å². The monoisotopic (exact) mass is 466 g/mol. The summed E-state index contributed by atoms with van der Waals surface area (Å²) in [4.78, 5) is 2.75. The van der Waals surface area contributed by atoms with Crippen LogP contribution in [0, 0.1) is 6.92 Å². The van der Waals surface area contributed by atoms with Gasteiger partial charge in [0.25, 0.3) is 0 Å². The summed E-state index contributed by atoms with van der Waals surface area (Å²) in [6, 6.07) is 20.4. The van der Waals surface area contributed by atoms with Gasteiger partial charge in [-0.15, -0.1) is 0 Å². The number of benzene rings is 2. The summed E-state index contributed by atoms with van der Waals surface area (Å²) in [5, 5.41) is 4.78. The molecule has 0 saturated carbocycles. The number of hydrogen-bond donors (Lipinski definition) is 1. The van der Waals surface area contributed by atoms with Crippen LogP contribution in [0.15, 0.2) is 71.6 Å². The van der Waals surface area contributed by atoms with E-state index in [2.05, 4.69) is 34.2 Å². The van der Waals surface area contributed by atoms with Crippen LogP contribution in [0.4, 0.5) is 0 Å². The zero-order valence-corrected chi connectivity index (χ0v) is 20.3. The molecule has 0 spiro atoms. The van der Waals surface area contributed by atoms with Gasteiger partial charge in [-0.2, -0.15) is 5.10 Å². The number of piperidine rings is 1. The topological polar surface area (TPSA) is 67.2 Å². The normalized spacial score (nSPS) is 16.7. The quantitative estimate of drug-likeness (QED) is 0.504. The average molecular weight is 467 g/mol. The number of aromatic nitrogens is 2. The molecule has 4 rings (SSSR count). The third-order valence-electron chi connectivity index (χ3n) is 6.59. The van der Waals surface area contributed by atoms with Crippen molar-refractivity contribution in [1.82, 2.24) is 19.4 Å². The lowest BCUT2D eigenvalue weighted by atomic mass is 9.93. The third-order valence-corrected chi connectivity index (χ3v) is 8.08. The second-order valence-electron chi connectivity index (χ2n) is 8.83. The van der Waals surface area contributed by atoms with Gasteiger partial charge in [0.15, 0.2) is 0 Å². The lowest BCUT2D eigenvalue weighted by Gasteiger charge is -2.32. The van der Waals surface area contributed by atoms with Crippen molar-refractivity contribution in [3.8, 4) is 0 Å². The number of rotatable bonds is 9. The highest BCUT2D eigenvalue weighted by Gasteiger charge is 2.25. The maximum Gasteiger partial charge on any atom is 0.241 e. The number of nitrogens with one attached hydrogen (secondary N) is 1. The molecule has 1 atom stereocenters. The first-order valence-corrected chi connectivity index (χ1v) is 13.3. The van der Waals surface area contributed by atoms with Gasteiger partial charge in [-0.3, -0.25) is 4.68 Å². The van der Waals surface area contributed by atoms with E-state index in [-0.39, 0.29) is 6.04 Å². The van der Waals surface area contributed by atoms with Gasteiger partial charge in [0.1, 0.15) is 0 Å². The highest BCUT2D eigenvalue weighted by atomic mass is 32.2. The Hall–Kier alpha value is -2.48. The third kappa shape index (κ3) is 5.91. The molecule has 1 aliphatic heterocycles. The van der Waals surface area contributed by atoms with Gasteiger partial charge in [0.05, 0.1) is 10.6 Å². The van der Waals surface area contributed by atoms with Crippen molar-refractivity contribution in [2.45, 2.75) is 56.5 Å². The molecule has 2 heterocycles. The minimum absolute atomic E-state index is 0.267. The van der Waals surface area contributed by atoms with Gasteiger partial charge in [-0.05, 0) is 76.5 Å². The number of likely N-dealkylation sites (tertiary alicyclic amines) is 1. The smallest absolute Gasteiger partial charge is 0.241 e. The second kappa shape index (κ2) is 10.6. The molecule has 176 valence electrons. The molecule has 1 saturated heterocycles. The molecular weight excluding hydrogens is 432 g/mol. The largest absolute Gasteiger partial charge is 0.303 e. The van der Waals surface area contributed by atoms with Crippen LogP contribution in [0.5, 0.6) is 0 Å². The van der Waals surface area contributed by atoms with E-state index in [4.69, 9.17) is 5.10 Å². The van der Waals surface area contributed by atoms with Crippen LogP contribution in [0.1, 0.15) is 55.1 Å². The Kier molecular flexibility index (Phi) is 7.63. The molecule has 6 nitrogen and oxygen atoms in total. The van der Waals surface area contributed by atoms with Crippen LogP contribution in [-0.2, 0) is 16.6 Å². The fourth-order valence-corrected chi connectivity index (χ4v) is 5.93. The molecule has 33 heavy (non-hydrogen) atoms. The van der Waals surface area contributed by atoms with Crippen LogP contribution >= 0.6 is 0 Å². The summed E-state index contributed by atoms with van der Waals surface area (Å²) in [6.07, 6.45) is 2.90. The van der Waals surface area contributed by atoms with E-state index in [1.807, 2.05) is 36.4 Å². The molecule has 0 bridgehead atoms. The minimum atomic E-state index is -3.59. The number of nitrogens with zero attached hydrogens (tertiary/aromatic N) is 3. The molecule has 3 aromatic rings. The molecule has 1 aromatic heterocycles. The summed E-state index contributed by atoms with van der Waals surface area (Å²) in [5.41, 5.74) is 3.44. The van der Waals surface area contributed by atoms with Crippen molar-refractivity contribution < 1.29 is 8.42 Å². The lowest BCUT2D eigenvalue weighted by molar-refractivity contribution is 0.203. The summed E-state index contributed by atoms with van der Waals surface area (Å²) in [6.45, 7) is 8.03. The molecule has 1 unspecified atom stereocenters. The average Bonchev–Trinajstić information content (AvgIpc) is 3.23. The van der Waals surface area contributed by atoms with Crippen LogP contribution in [0.3, 0.4) is 0 Å². The van der Waals surface area contributed by atoms with Gasteiger partial charge in [-0.25, -0.2) is 13.1 Å². The predicted molar refractivity (Wildman–Crippen MR) is 132 cm³/mol. The van der Waals surface area contributed by atoms with Gasteiger partial charge in [0.2, 0.25) is 10.0 Å². The van der Waals surface area contributed by atoms with Gasteiger partial charge in [0, 0.05) is 24.2 Å². The highest BCUT2D eigenvalue weighted by molar-refractivity contribution is 7.89. The van der Waals surface area contributed by atoms with Crippen LogP contribution < -0.4 is 4.72 Å². The number of sulfonamides is 1. The minimum Gasteiger partial charge on any atom is -0.303 e. The van der Waals surface area contributed by atoms with Crippen LogP contribution in [-0.4, -0.2) is 42.7 Å². The van der Waals surface area contributed by atoms with Crippen molar-refractivity contribution in [3.05, 3.63) is 83.7 Å². The van der Waals surface area contributed by atoms with E-state index >= 15 is 0 Å². The summed E-state index contributed by atoms with van der Waals surface area (Å²) < 4.78 is 31.0. The van der Waals surface area contributed by atoms with Crippen molar-refractivity contribution in [2.24, 2.45) is 0 Å². The Morgan fingerprint density at radius 2 is 1.67 bits per heavy atom. The zero-order chi connectivity index (χ0) is 23.3. The molecule has 1 fully saturated rings. The molecule has 0 aliphatic carbocycles. The first-order valence-electron chi connectivity index (χ1n) is 11.9. The van der Waals surface area contributed by atoms with Crippen molar-refractivity contribution >= 4 is 10.0 Å². The van der Waals surface area contributed by atoms with Crippen molar-refractivity contribution in [1.29, 1.82) is 0 Å². The molecule has 2 aromatic carbocycles. The first-order chi connectivity index (χ1) is 16.0. The maximum absolute atomic E-state index is 13.0. The van der Waals surface area contributed by atoms with E-state index in [1.165, 1.54) is 11.4 Å². The Bertz CT molecular complexity index is 1120. The molecule has 0 radical (unpaired) electrons. The van der Waals surface area contributed by atoms with E-state index in [9.17, 15) is 8.42 Å². The molecule has 1 N–H and O–H groups in total. The Morgan fingerprint density at radius 1 is 1.03 bits per heavy atom. The number of aryl methyl sites for hydroxylation is 2. The van der Waals surface area contributed by atoms with Gasteiger partial charge in [-0.1, -0.05) is 48.5 Å². The standard InChI is InChI=1S/C26H34N4O2S/c1-3-30-21(2)20-26(27-30)23-14-17-29(18-15-23)19-16-25(22-10-6-4-7-11-22)28-33(31,32)24-12-8-5-9-13-24/h4-13,20,23,25,28H,3,14-19H2,1-2H3. The number of hydrogen-bond acceptors (Lipinski definition) is 4. The van der Waals surface area contributed by atoms with Crippen molar-refractivity contribution in [2.75, 3.05) is 19.6 Å². The molecule has 7 heteroatoms. The van der Waals surface area contributed by atoms with E-state index in [1.54, 1.807) is 24.3 Å². The van der Waals surface area contributed by atoms with Crippen molar-refractivity contribution in [3.63, 3.8) is 0 Å². The summed E-state index contributed by atoms with van der Waals surface area (Å²) in [5.74, 6) is 0.509. The molecule has 0 amide bonds. The van der Waals surface area contributed by atoms with E-state index in [0.29, 0.717) is 10.8 Å². The Morgan fingerprint density at radius 3 is 2.27 bits per heavy atom. The predicted octanol–water partition coefficient (Wildman–Crippen LogP) is 4.50. The fraction of sp³-hybridized carbons (Fsp3) is 0.423. The highest BCUT2D eigenvalue weighted by Crippen LogP contribution is 2.29. The zero-order valence-electron chi connectivity index (χ0n) is 19.5. The summed E-state index contributed by atoms with van der Waals surface area (Å²) >= 11 is 0. The summed E-state index contributed by atoms with van der Waals surface area (Å²) in [7, 11) is -3.59. The van der Waals surface area contributed by atoms with E-state index in [0.717, 1.165) is 51.0 Å². The van der Waals surface area contributed by atoms with Crippen LogP contribution in [0.2, 0.25) is 0 Å².